The largest absolute Gasteiger partial charge is 0.453 e. The van der Waals surface area contributed by atoms with Crippen molar-refractivity contribution in [2.45, 2.75) is 63.5 Å². The molecule has 1 atom stereocenters. The fourth-order valence-corrected chi connectivity index (χ4v) is 4.89. The Kier molecular flexibility index (Phi) is 7.55. The predicted molar refractivity (Wildman–Crippen MR) is 121 cm³/mol. The molecule has 1 fully saturated rings. The lowest BCUT2D eigenvalue weighted by Crippen LogP contribution is -2.42. The maximum Gasteiger partial charge on any atom is 0.307 e. The van der Waals surface area contributed by atoms with E-state index in [1.165, 1.54) is 14.1 Å². The third-order valence-electron chi connectivity index (χ3n) is 5.77. The molecule has 0 radical (unpaired) electrons. The Morgan fingerprint density at radius 1 is 1.19 bits per heavy atom. The van der Waals surface area contributed by atoms with Gasteiger partial charge in [-0.25, -0.2) is 17.7 Å². The van der Waals surface area contributed by atoms with Crippen LogP contribution in [0.25, 0.3) is 11.0 Å². The summed E-state index contributed by atoms with van der Waals surface area (Å²) in [6.07, 6.45) is 2.71. The van der Waals surface area contributed by atoms with E-state index in [1.54, 1.807) is 30.0 Å². The summed E-state index contributed by atoms with van der Waals surface area (Å²) in [6, 6.07) is 4.86. The molecule has 1 aliphatic heterocycles. The number of likely N-dealkylation sites (tertiary alicyclic amines) is 1. The van der Waals surface area contributed by atoms with Gasteiger partial charge in [0.2, 0.25) is 10.0 Å². The normalized spacial score (nSPS) is 15.8. The molecular weight excluding hydrogens is 432 g/mol. The van der Waals surface area contributed by atoms with Gasteiger partial charge in [-0.1, -0.05) is 0 Å². The first kappa shape index (κ1) is 24.2. The van der Waals surface area contributed by atoms with Crippen molar-refractivity contribution in [1.82, 2.24) is 18.8 Å². The van der Waals surface area contributed by atoms with Crippen LogP contribution in [0.15, 0.2) is 23.1 Å². The standard InChI is InChI=1S/C22H32N4O5S/c1-5-26-19-10-9-17(32(29,30)24(3)4)15-18(19)23-20(26)11-12-21(27)31-16(2)22(28)25-13-7-6-8-14-25/h9-10,15-16H,5-8,11-14H2,1-4H3/t16-/m0/s1. The molecule has 0 N–H and O–H groups in total. The van der Waals surface area contributed by atoms with Gasteiger partial charge in [-0.05, 0) is 51.3 Å². The zero-order valence-corrected chi connectivity index (χ0v) is 20.0. The second kappa shape index (κ2) is 9.99. The molecule has 0 aliphatic carbocycles. The number of benzene rings is 1. The Balaban J connectivity index is 1.68. The molecule has 0 saturated carbocycles. The number of fused-ring (bicyclic) bond motifs is 1. The number of rotatable bonds is 8. The van der Waals surface area contributed by atoms with Crippen molar-refractivity contribution >= 4 is 32.9 Å². The van der Waals surface area contributed by atoms with Crippen molar-refractivity contribution < 1.29 is 22.7 Å². The maximum absolute atomic E-state index is 12.5. The number of hydrogen-bond acceptors (Lipinski definition) is 6. The summed E-state index contributed by atoms with van der Waals surface area (Å²) in [4.78, 5) is 31.3. The van der Waals surface area contributed by atoms with E-state index >= 15 is 0 Å². The zero-order chi connectivity index (χ0) is 23.5. The van der Waals surface area contributed by atoms with Crippen molar-refractivity contribution in [3.63, 3.8) is 0 Å². The number of esters is 1. The smallest absolute Gasteiger partial charge is 0.307 e. The van der Waals surface area contributed by atoms with E-state index in [0.29, 0.717) is 37.4 Å². The fraction of sp³-hybridized carbons (Fsp3) is 0.591. The predicted octanol–water partition coefficient (Wildman–Crippen LogP) is 2.18. The topological polar surface area (TPSA) is 102 Å². The number of carbonyl (C=O) groups excluding carboxylic acids is 2. The van der Waals surface area contributed by atoms with Crippen LogP contribution in [0.3, 0.4) is 0 Å². The highest BCUT2D eigenvalue weighted by atomic mass is 32.2. The minimum absolute atomic E-state index is 0.0871. The molecule has 32 heavy (non-hydrogen) atoms. The lowest BCUT2D eigenvalue weighted by Gasteiger charge is -2.28. The Morgan fingerprint density at radius 2 is 1.88 bits per heavy atom. The Labute approximate surface area is 189 Å². The molecule has 9 nitrogen and oxygen atoms in total. The van der Waals surface area contributed by atoms with Crippen LogP contribution in [0.4, 0.5) is 0 Å². The first-order valence-electron chi connectivity index (χ1n) is 11.0. The van der Waals surface area contributed by atoms with Crippen LogP contribution in [-0.2, 0) is 37.3 Å². The van der Waals surface area contributed by atoms with Gasteiger partial charge in [0, 0.05) is 40.2 Å². The molecule has 176 valence electrons. The summed E-state index contributed by atoms with van der Waals surface area (Å²) in [6.45, 7) is 5.64. The van der Waals surface area contributed by atoms with Gasteiger partial charge in [-0.15, -0.1) is 0 Å². The van der Waals surface area contributed by atoms with Gasteiger partial charge in [0.1, 0.15) is 5.82 Å². The summed E-state index contributed by atoms with van der Waals surface area (Å²) >= 11 is 0. The molecule has 1 saturated heterocycles. The van der Waals surface area contributed by atoms with E-state index < -0.39 is 22.1 Å². The summed E-state index contributed by atoms with van der Waals surface area (Å²) < 4.78 is 33.3. The average molecular weight is 465 g/mol. The monoisotopic (exact) mass is 464 g/mol. The molecule has 3 rings (SSSR count). The molecule has 0 bridgehead atoms. The Bertz CT molecular complexity index is 1090. The van der Waals surface area contributed by atoms with Crippen molar-refractivity contribution in [3.8, 4) is 0 Å². The minimum Gasteiger partial charge on any atom is -0.453 e. The molecule has 1 aliphatic rings. The van der Waals surface area contributed by atoms with Crippen molar-refractivity contribution in [2.75, 3.05) is 27.2 Å². The summed E-state index contributed by atoms with van der Waals surface area (Å²) in [5.74, 6) is 0.0794. The molecule has 0 unspecified atom stereocenters. The summed E-state index contributed by atoms with van der Waals surface area (Å²) in [5.41, 5.74) is 1.37. The number of ether oxygens (including phenoxy) is 1. The summed E-state index contributed by atoms with van der Waals surface area (Å²) in [5, 5.41) is 0. The van der Waals surface area contributed by atoms with Gasteiger partial charge in [0.05, 0.1) is 22.3 Å². The van der Waals surface area contributed by atoms with Crippen LogP contribution >= 0.6 is 0 Å². The Hall–Kier alpha value is -2.46. The fourth-order valence-electron chi connectivity index (χ4n) is 3.97. The summed E-state index contributed by atoms with van der Waals surface area (Å²) in [7, 11) is -0.593. The minimum atomic E-state index is -3.56. The average Bonchev–Trinajstić information content (AvgIpc) is 3.14. The molecule has 0 spiro atoms. The molecule has 1 aromatic heterocycles. The molecule has 1 aromatic carbocycles. The Morgan fingerprint density at radius 3 is 2.50 bits per heavy atom. The highest BCUT2D eigenvalue weighted by molar-refractivity contribution is 7.89. The number of sulfonamides is 1. The molecule has 1 amide bonds. The molecular formula is C22H32N4O5S. The first-order valence-corrected chi connectivity index (χ1v) is 12.5. The molecule has 2 aromatic rings. The number of aryl methyl sites for hydroxylation is 2. The van der Waals surface area contributed by atoms with Gasteiger partial charge >= 0.3 is 5.97 Å². The quantitative estimate of drug-likeness (QED) is 0.555. The lowest BCUT2D eigenvalue weighted by atomic mass is 10.1. The van der Waals surface area contributed by atoms with Crippen LogP contribution in [-0.4, -0.2) is 72.3 Å². The number of amides is 1. The number of carbonyl (C=O) groups is 2. The number of hydrogen-bond donors (Lipinski definition) is 0. The second-order valence-electron chi connectivity index (χ2n) is 8.23. The van der Waals surface area contributed by atoms with Crippen molar-refractivity contribution in [2.24, 2.45) is 0 Å². The van der Waals surface area contributed by atoms with Crippen LogP contribution in [0.2, 0.25) is 0 Å². The number of piperidine rings is 1. The van der Waals surface area contributed by atoms with E-state index in [1.807, 2.05) is 11.5 Å². The van der Waals surface area contributed by atoms with E-state index in [4.69, 9.17) is 4.74 Å². The van der Waals surface area contributed by atoms with Gasteiger partial charge in [-0.2, -0.15) is 0 Å². The van der Waals surface area contributed by atoms with Crippen LogP contribution in [0, 0.1) is 0 Å². The maximum atomic E-state index is 12.5. The SMILES string of the molecule is CCn1c(CCC(=O)O[C@@H](C)C(=O)N2CCCCC2)nc2cc(S(=O)(=O)N(C)C)ccc21. The van der Waals surface area contributed by atoms with Crippen molar-refractivity contribution in [3.05, 3.63) is 24.0 Å². The highest BCUT2D eigenvalue weighted by Gasteiger charge is 2.25. The van der Waals surface area contributed by atoms with Crippen LogP contribution < -0.4 is 0 Å². The molecule has 2 heterocycles. The van der Waals surface area contributed by atoms with E-state index in [-0.39, 0.29) is 17.2 Å². The zero-order valence-electron chi connectivity index (χ0n) is 19.2. The van der Waals surface area contributed by atoms with Gasteiger partial charge in [-0.3, -0.25) is 9.59 Å². The van der Waals surface area contributed by atoms with E-state index in [9.17, 15) is 18.0 Å². The van der Waals surface area contributed by atoms with Crippen molar-refractivity contribution in [1.29, 1.82) is 0 Å². The number of imidazole rings is 1. The van der Waals surface area contributed by atoms with Gasteiger partial charge in [0.15, 0.2) is 6.10 Å². The number of aromatic nitrogens is 2. The third-order valence-corrected chi connectivity index (χ3v) is 7.58. The molecule has 10 heteroatoms. The second-order valence-corrected chi connectivity index (χ2v) is 10.4. The highest BCUT2D eigenvalue weighted by Crippen LogP contribution is 2.23. The van der Waals surface area contributed by atoms with Crippen LogP contribution in [0.1, 0.15) is 45.4 Å². The van der Waals surface area contributed by atoms with Gasteiger partial charge < -0.3 is 14.2 Å². The number of nitrogens with zero attached hydrogens (tertiary/aromatic N) is 4. The van der Waals surface area contributed by atoms with E-state index in [0.717, 1.165) is 29.1 Å². The van der Waals surface area contributed by atoms with E-state index in [2.05, 4.69) is 4.98 Å². The first-order chi connectivity index (χ1) is 15.1. The lowest BCUT2D eigenvalue weighted by molar-refractivity contribution is -0.159. The van der Waals surface area contributed by atoms with Crippen LogP contribution in [0.5, 0.6) is 0 Å². The van der Waals surface area contributed by atoms with Gasteiger partial charge in [0.25, 0.3) is 5.91 Å². The third kappa shape index (κ3) is 5.12.